The van der Waals surface area contributed by atoms with Crippen molar-refractivity contribution in [3.8, 4) is 5.75 Å². The van der Waals surface area contributed by atoms with Gasteiger partial charge in [-0.3, -0.25) is 4.18 Å². The van der Waals surface area contributed by atoms with Crippen LogP contribution < -0.4 is 4.74 Å². The maximum atomic E-state index is 12.8. The maximum Gasteiger partial charge on any atom is 0.298 e. The molecule has 0 radical (unpaired) electrons. The van der Waals surface area contributed by atoms with Crippen molar-refractivity contribution in [3.63, 3.8) is 0 Å². The van der Waals surface area contributed by atoms with E-state index < -0.39 is 15.7 Å². The van der Waals surface area contributed by atoms with Crippen molar-refractivity contribution in [2.24, 2.45) is 0 Å². The minimum absolute atomic E-state index is 0.223. The van der Waals surface area contributed by atoms with Gasteiger partial charge in [0.25, 0.3) is 10.1 Å². The molecule has 5 heteroatoms. The van der Waals surface area contributed by atoms with Gasteiger partial charge in [-0.05, 0) is 90.5 Å². The van der Waals surface area contributed by atoms with Crippen molar-refractivity contribution in [2.75, 3.05) is 0 Å². The van der Waals surface area contributed by atoms with Crippen molar-refractivity contribution in [3.05, 3.63) is 22.3 Å². The molecule has 0 amide bonds. The Hall–Kier alpha value is -1.07. The fourth-order valence-electron chi connectivity index (χ4n) is 3.09. The molecule has 1 heterocycles. The largest absolute Gasteiger partial charge is 0.487 e. The third-order valence-electron chi connectivity index (χ3n) is 4.28. The van der Waals surface area contributed by atoms with Crippen molar-refractivity contribution in [2.45, 2.75) is 84.3 Å². The summed E-state index contributed by atoms with van der Waals surface area (Å²) in [6, 6.07) is 0. The van der Waals surface area contributed by atoms with Gasteiger partial charge >= 0.3 is 0 Å². The van der Waals surface area contributed by atoms with E-state index in [-0.39, 0.29) is 5.60 Å². The molecule has 0 N–H and O–H groups in total. The Labute approximate surface area is 140 Å². The Morgan fingerprint density at radius 3 is 2.13 bits per heavy atom. The van der Waals surface area contributed by atoms with Gasteiger partial charge in [-0.2, -0.15) is 8.42 Å². The third-order valence-corrected chi connectivity index (χ3v) is 6.11. The van der Waals surface area contributed by atoms with Crippen LogP contribution in [-0.2, 0) is 20.7 Å². The van der Waals surface area contributed by atoms with Gasteiger partial charge < -0.3 is 4.74 Å². The highest BCUT2D eigenvalue weighted by atomic mass is 32.2. The minimum Gasteiger partial charge on any atom is -0.487 e. The zero-order chi connectivity index (χ0) is 17.8. The van der Waals surface area contributed by atoms with E-state index in [2.05, 4.69) is 13.8 Å². The smallest absolute Gasteiger partial charge is 0.298 e. The monoisotopic (exact) mass is 340 g/mol. The Balaban J connectivity index is 2.68. The SMILES string of the molecule is Cc1c(C)c(S(=O)(=O)OC(C)(C)C)c(C)c2c1OC(C)(C)CC2. The lowest BCUT2D eigenvalue weighted by Crippen LogP contribution is -2.34. The number of hydrogen-bond acceptors (Lipinski definition) is 4. The van der Waals surface area contributed by atoms with Gasteiger partial charge in [-0.15, -0.1) is 0 Å². The van der Waals surface area contributed by atoms with E-state index in [4.69, 9.17) is 8.92 Å². The molecule has 0 atom stereocenters. The van der Waals surface area contributed by atoms with Gasteiger partial charge in [0, 0.05) is 0 Å². The lowest BCUT2D eigenvalue weighted by molar-refractivity contribution is 0.0831. The molecule has 0 saturated carbocycles. The molecule has 2 rings (SSSR count). The molecule has 1 aromatic rings. The molecule has 0 aliphatic carbocycles. The first-order chi connectivity index (χ1) is 10.3. The normalized spacial score (nSPS) is 17.6. The summed E-state index contributed by atoms with van der Waals surface area (Å²) in [6.45, 7) is 15.0. The summed E-state index contributed by atoms with van der Waals surface area (Å²) in [5.74, 6) is 0.839. The van der Waals surface area contributed by atoms with Gasteiger partial charge in [0.1, 0.15) is 16.2 Å². The first kappa shape index (κ1) is 18.3. The van der Waals surface area contributed by atoms with Crippen molar-refractivity contribution < 1.29 is 17.3 Å². The zero-order valence-electron chi connectivity index (χ0n) is 15.5. The molecule has 0 unspecified atom stereocenters. The van der Waals surface area contributed by atoms with Crippen LogP contribution in [0.25, 0.3) is 0 Å². The van der Waals surface area contributed by atoms with Crippen molar-refractivity contribution in [1.29, 1.82) is 0 Å². The molecular weight excluding hydrogens is 312 g/mol. The number of fused-ring (bicyclic) bond motifs is 1. The van der Waals surface area contributed by atoms with Crippen LogP contribution >= 0.6 is 0 Å². The van der Waals surface area contributed by atoms with Crippen LogP contribution in [0.5, 0.6) is 5.75 Å². The minimum atomic E-state index is -3.82. The highest BCUT2D eigenvalue weighted by molar-refractivity contribution is 7.87. The molecule has 0 spiro atoms. The first-order valence-electron chi connectivity index (χ1n) is 8.02. The summed E-state index contributed by atoms with van der Waals surface area (Å²) >= 11 is 0. The predicted molar refractivity (Wildman–Crippen MR) is 91.7 cm³/mol. The number of benzene rings is 1. The summed E-state index contributed by atoms with van der Waals surface area (Å²) in [6.07, 6.45) is 1.68. The van der Waals surface area contributed by atoms with E-state index in [1.165, 1.54) is 0 Å². The summed E-state index contributed by atoms with van der Waals surface area (Å²) in [5, 5.41) is 0. The predicted octanol–water partition coefficient (Wildman–Crippen LogP) is 4.22. The van der Waals surface area contributed by atoms with E-state index in [1.807, 2.05) is 20.8 Å². The molecule has 1 aliphatic heterocycles. The molecular formula is C18H28O4S. The van der Waals surface area contributed by atoms with Crippen LogP contribution in [0.4, 0.5) is 0 Å². The van der Waals surface area contributed by atoms with Crippen LogP contribution in [-0.4, -0.2) is 19.6 Å². The van der Waals surface area contributed by atoms with Crippen LogP contribution in [0.1, 0.15) is 63.3 Å². The highest BCUT2D eigenvalue weighted by Gasteiger charge is 2.35. The molecule has 1 aromatic carbocycles. The van der Waals surface area contributed by atoms with Crippen molar-refractivity contribution in [1.82, 2.24) is 0 Å². The van der Waals surface area contributed by atoms with Gasteiger partial charge in [-0.1, -0.05) is 0 Å². The number of rotatable bonds is 2. The lowest BCUT2D eigenvalue weighted by Gasteiger charge is -2.35. The van der Waals surface area contributed by atoms with Crippen LogP contribution in [0.15, 0.2) is 4.90 Å². The molecule has 0 aromatic heterocycles. The van der Waals surface area contributed by atoms with Gasteiger partial charge in [0.15, 0.2) is 0 Å². The molecule has 23 heavy (non-hydrogen) atoms. The van der Waals surface area contributed by atoms with Crippen LogP contribution in [0, 0.1) is 20.8 Å². The summed E-state index contributed by atoms with van der Waals surface area (Å²) in [4.78, 5) is 0.298. The second-order valence-electron chi connectivity index (χ2n) is 8.02. The third kappa shape index (κ3) is 3.56. The molecule has 0 fully saturated rings. The average molecular weight is 340 g/mol. The Morgan fingerprint density at radius 1 is 1.04 bits per heavy atom. The van der Waals surface area contributed by atoms with E-state index in [9.17, 15) is 8.42 Å². The standard InChI is InChI=1S/C18H28O4S/c1-11-12(2)16(23(19,20)22-17(4,5)6)13(3)14-9-10-18(7,8)21-15(11)14/h9-10H2,1-8H3. The summed E-state index contributed by atoms with van der Waals surface area (Å²) in [7, 11) is -3.82. The second kappa shape index (κ2) is 5.49. The first-order valence-corrected chi connectivity index (χ1v) is 9.43. The highest BCUT2D eigenvalue weighted by Crippen LogP contribution is 2.42. The summed E-state index contributed by atoms with van der Waals surface area (Å²) in [5.41, 5.74) is 2.35. The molecule has 1 aliphatic rings. The molecule has 130 valence electrons. The van der Waals surface area contributed by atoms with E-state index in [0.29, 0.717) is 10.5 Å². The Morgan fingerprint density at radius 2 is 1.61 bits per heavy atom. The quantitative estimate of drug-likeness (QED) is 0.756. The van der Waals surface area contributed by atoms with Gasteiger partial charge in [-0.25, -0.2) is 0 Å². The zero-order valence-corrected chi connectivity index (χ0v) is 16.3. The van der Waals surface area contributed by atoms with Crippen molar-refractivity contribution >= 4 is 10.1 Å². The Bertz CT molecular complexity index is 738. The van der Waals surface area contributed by atoms with Gasteiger partial charge in [0.2, 0.25) is 0 Å². The van der Waals surface area contributed by atoms with E-state index in [1.54, 1.807) is 20.8 Å². The fourth-order valence-corrected chi connectivity index (χ4v) is 4.86. The fraction of sp³-hybridized carbons (Fsp3) is 0.667. The molecule has 0 saturated heterocycles. The van der Waals surface area contributed by atoms with Crippen LogP contribution in [0.2, 0.25) is 0 Å². The number of hydrogen-bond donors (Lipinski definition) is 0. The van der Waals surface area contributed by atoms with E-state index in [0.717, 1.165) is 35.3 Å². The second-order valence-corrected chi connectivity index (χ2v) is 9.51. The van der Waals surface area contributed by atoms with Crippen LogP contribution in [0.3, 0.4) is 0 Å². The maximum absolute atomic E-state index is 12.8. The topological polar surface area (TPSA) is 52.6 Å². The van der Waals surface area contributed by atoms with E-state index >= 15 is 0 Å². The average Bonchev–Trinajstić information content (AvgIpc) is 2.31. The Kier molecular flexibility index (Phi) is 4.36. The molecule has 0 bridgehead atoms. The number of ether oxygens (including phenoxy) is 1. The summed E-state index contributed by atoms with van der Waals surface area (Å²) < 4.78 is 37.1. The molecule has 4 nitrogen and oxygen atoms in total. The van der Waals surface area contributed by atoms with Gasteiger partial charge in [0.05, 0.1) is 5.60 Å². The lowest BCUT2D eigenvalue weighted by atomic mass is 9.88.